The maximum Gasteiger partial charge on any atom is 0.263 e. The molecule has 0 bridgehead atoms. The van der Waals surface area contributed by atoms with Crippen molar-refractivity contribution in [1.82, 2.24) is 24.5 Å². The van der Waals surface area contributed by atoms with Crippen LogP contribution < -0.4 is 9.46 Å². The summed E-state index contributed by atoms with van der Waals surface area (Å²) < 4.78 is 36.9. The number of fused-ring (bicyclic) bond motifs is 1. The number of hydrogen-bond acceptors (Lipinski definition) is 7. The molecule has 4 aromatic rings. The summed E-state index contributed by atoms with van der Waals surface area (Å²) in [5, 5.41) is 18.2. The Morgan fingerprint density at radius 2 is 1.97 bits per heavy atom. The lowest BCUT2D eigenvalue weighted by atomic mass is 10.2. The Balaban J connectivity index is 1.69. The lowest BCUT2D eigenvalue weighted by molar-refractivity contribution is 0.282. The summed E-state index contributed by atoms with van der Waals surface area (Å²) in [6.45, 7) is -0.141. The number of pyridine rings is 1. The molecule has 2 N–H and O–H groups in total. The number of aromatic nitrogens is 5. The minimum absolute atomic E-state index is 0.0167. The van der Waals surface area contributed by atoms with Crippen LogP contribution in [0.2, 0.25) is 0 Å². The second-order valence-corrected chi connectivity index (χ2v) is 7.94. The molecule has 11 heteroatoms. The molecule has 0 spiro atoms. The van der Waals surface area contributed by atoms with Crippen molar-refractivity contribution in [3.8, 4) is 11.6 Å². The lowest BCUT2D eigenvalue weighted by Gasteiger charge is -2.14. The Morgan fingerprint density at radius 3 is 2.62 bits per heavy atom. The maximum atomic E-state index is 13.0. The van der Waals surface area contributed by atoms with Crippen molar-refractivity contribution in [2.24, 2.45) is 7.05 Å². The highest BCUT2D eigenvalue weighted by molar-refractivity contribution is 7.92. The molecule has 3 heterocycles. The van der Waals surface area contributed by atoms with E-state index in [0.717, 1.165) is 5.39 Å². The van der Waals surface area contributed by atoms with Gasteiger partial charge in [0.15, 0.2) is 5.82 Å². The van der Waals surface area contributed by atoms with Crippen LogP contribution in [-0.4, -0.2) is 45.2 Å². The van der Waals surface area contributed by atoms with E-state index in [1.807, 2.05) is 0 Å². The van der Waals surface area contributed by atoms with E-state index in [2.05, 4.69) is 19.9 Å². The fourth-order valence-corrected chi connectivity index (χ4v) is 3.97. The topological polar surface area (TPSA) is 124 Å². The van der Waals surface area contributed by atoms with Crippen LogP contribution in [0, 0.1) is 0 Å². The van der Waals surface area contributed by atoms with E-state index in [1.54, 1.807) is 36.3 Å². The van der Waals surface area contributed by atoms with Crippen LogP contribution in [0.5, 0.6) is 5.75 Å². The van der Waals surface area contributed by atoms with Crippen LogP contribution >= 0.6 is 0 Å². The monoisotopic (exact) mass is 414 g/mol. The molecule has 0 aliphatic carbocycles. The SMILES string of the molecule is COc1ccc2cnn(C)c2c1NS(=O)(=O)c1ccc(-n2cc(CO)cn2)nc1. The molecule has 0 unspecified atom stereocenters. The summed E-state index contributed by atoms with van der Waals surface area (Å²) in [7, 11) is -0.742. The number of aliphatic hydroxyl groups excluding tert-OH is 1. The van der Waals surface area contributed by atoms with Gasteiger partial charge in [-0.1, -0.05) is 0 Å². The summed E-state index contributed by atoms with van der Waals surface area (Å²) in [6.07, 6.45) is 6.01. The fraction of sp³-hybridized carbons (Fsp3) is 0.167. The first-order valence-corrected chi connectivity index (χ1v) is 10.0. The zero-order valence-electron chi connectivity index (χ0n) is 15.6. The number of methoxy groups -OCH3 is 1. The van der Waals surface area contributed by atoms with Crippen LogP contribution in [0.1, 0.15) is 5.56 Å². The molecule has 0 aliphatic rings. The number of aliphatic hydroxyl groups is 1. The molecule has 0 saturated carbocycles. The van der Waals surface area contributed by atoms with Crippen LogP contribution in [0.4, 0.5) is 5.69 Å². The van der Waals surface area contributed by atoms with E-state index in [0.29, 0.717) is 28.3 Å². The Kier molecular flexibility index (Phi) is 4.68. The van der Waals surface area contributed by atoms with Crippen molar-refractivity contribution >= 4 is 26.6 Å². The highest BCUT2D eigenvalue weighted by atomic mass is 32.2. The number of anilines is 1. The number of ether oxygens (including phenoxy) is 1. The van der Waals surface area contributed by atoms with Crippen molar-refractivity contribution in [3.63, 3.8) is 0 Å². The minimum atomic E-state index is -3.93. The number of aryl methyl sites for hydroxylation is 1. The summed E-state index contributed by atoms with van der Waals surface area (Å²) in [5.74, 6) is 0.803. The van der Waals surface area contributed by atoms with Crippen LogP contribution in [0.25, 0.3) is 16.7 Å². The van der Waals surface area contributed by atoms with Crippen LogP contribution in [-0.2, 0) is 23.7 Å². The lowest BCUT2D eigenvalue weighted by Crippen LogP contribution is -2.15. The molecule has 1 aromatic carbocycles. The van der Waals surface area contributed by atoms with Gasteiger partial charge in [0.05, 0.1) is 31.6 Å². The predicted molar refractivity (Wildman–Crippen MR) is 105 cm³/mol. The molecule has 0 amide bonds. The molecule has 29 heavy (non-hydrogen) atoms. The number of sulfonamides is 1. The van der Waals surface area contributed by atoms with Crippen molar-refractivity contribution in [2.75, 3.05) is 11.8 Å². The second kappa shape index (κ2) is 7.18. The van der Waals surface area contributed by atoms with Crippen molar-refractivity contribution in [2.45, 2.75) is 11.5 Å². The molecule has 0 aliphatic heterocycles. The van der Waals surface area contributed by atoms with Gasteiger partial charge in [0, 0.05) is 30.4 Å². The molecule has 0 saturated heterocycles. The molecule has 10 nitrogen and oxygen atoms in total. The molecule has 0 atom stereocenters. The number of rotatable bonds is 6. The highest BCUT2D eigenvalue weighted by Gasteiger charge is 2.21. The Labute approximate surface area is 166 Å². The predicted octanol–water partition coefficient (Wildman–Crippen LogP) is 1.46. The Bertz CT molecular complexity index is 1280. The molecule has 3 aromatic heterocycles. The summed E-state index contributed by atoms with van der Waals surface area (Å²) >= 11 is 0. The molecule has 0 radical (unpaired) electrons. The van der Waals surface area contributed by atoms with Gasteiger partial charge in [0.1, 0.15) is 16.3 Å². The van der Waals surface area contributed by atoms with Crippen molar-refractivity contribution < 1.29 is 18.3 Å². The Morgan fingerprint density at radius 1 is 1.14 bits per heavy atom. The third kappa shape index (κ3) is 3.41. The average molecular weight is 414 g/mol. The normalized spacial score (nSPS) is 11.7. The van der Waals surface area contributed by atoms with Crippen molar-refractivity contribution in [1.29, 1.82) is 0 Å². The smallest absolute Gasteiger partial charge is 0.263 e. The zero-order valence-corrected chi connectivity index (χ0v) is 16.5. The van der Waals surface area contributed by atoms with Gasteiger partial charge in [-0.3, -0.25) is 9.40 Å². The fourth-order valence-electron chi connectivity index (χ4n) is 2.94. The van der Waals surface area contributed by atoms with E-state index in [9.17, 15) is 8.42 Å². The molecule has 0 fully saturated rings. The summed E-state index contributed by atoms with van der Waals surface area (Å²) in [6, 6.07) is 6.45. The van der Waals surface area contributed by atoms with E-state index in [-0.39, 0.29) is 11.5 Å². The van der Waals surface area contributed by atoms with Gasteiger partial charge in [-0.25, -0.2) is 18.1 Å². The number of nitrogens with zero attached hydrogens (tertiary/aromatic N) is 5. The van der Waals surface area contributed by atoms with E-state index in [1.165, 1.54) is 36.3 Å². The van der Waals surface area contributed by atoms with Gasteiger partial charge in [-0.05, 0) is 24.3 Å². The van der Waals surface area contributed by atoms with Gasteiger partial charge >= 0.3 is 0 Å². The quantitative estimate of drug-likeness (QED) is 0.489. The number of benzene rings is 1. The zero-order chi connectivity index (χ0) is 20.6. The third-order valence-corrected chi connectivity index (χ3v) is 5.74. The first-order valence-electron chi connectivity index (χ1n) is 8.55. The molecular weight excluding hydrogens is 396 g/mol. The van der Waals surface area contributed by atoms with Crippen LogP contribution in [0.15, 0.2) is 53.9 Å². The molecule has 4 rings (SSSR count). The van der Waals surface area contributed by atoms with Gasteiger partial charge in [0.2, 0.25) is 0 Å². The number of hydrogen-bond donors (Lipinski definition) is 2. The second-order valence-electron chi connectivity index (χ2n) is 6.26. The van der Waals surface area contributed by atoms with Crippen molar-refractivity contribution in [3.05, 3.63) is 54.6 Å². The van der Waals surface area contributed by atoms with E-state index in [4.69, 9.17) is 9.84 Å². The summed E-state index contributed by atoms with van der Waals surface area (Å²) in [4.78, 5) is 4.15. The van der Waals surface area contributed by atoms with E-state index >= 15 is 0 Å². The first-order chi connectivity index (χ1) is 13.9. The number of nitrogens with one attached hydrogen (secondary N) is 1. The standard InChI is InChI=1S/C18H18N6O4S/c1-23-18-13(8-20-23)3-5-15(28-2)17(18)22-29(26,27)14-4-6-16(19-9-14)24-10-12(11-25)7-21-24/h3-10,22,25H,11H2,1-2H3. The van der Waals surface area contributed by atoms with E-state index < -0.39 is 10.0 Å². The average Bonchev–Trinajstić information content (AvgIpc) is 3.35. The Hall–Kier alpha value is -3.44. The van der Waals surface area contributed by atoms with Gasteiger partial charge < -0.3 is 9.84 Å². The summed E-state index contributed by atoms with van der Waals surface area (Å²) in [5.41, 5.74) is 1.53. The minimum Gasteiger partial charge on any atom is -0.494 e. The van der Waals surface area contributed by atoms with Gasteiger partial charge in [-0.15, -0.1) is 0 Å². The van der Waals surface area contributed by atoms with Gasteiger partial charge in [-0.2, -0.15) is 10.2 Å². The largest absolute Gasteiger partial charge is 0.494 e. The van der Waals surface area contributed by atoms with Gasteiger partial charge in [0.25, 0.3) is 10.0 Å². The third-order valence-electron chi connectivity index (χ3n) is 4.41. The first kappa shape index (κ1) is 18.9. The van der Waals surface area contributed by atoms with Crippen LogP contribution in [0.3, 0.4) is 0 Å². The molecule has 150 valence electrons. The highest BCUT2D eigenvalue weighted by Crippen LogP contribution is 2.34. The molecular formula is C18H18N6O4S. The maximum absolute atomic E-state index is 13.0.